The van der Waals surface area contributed by atoms with E-state index in [1.54, 1.807) is 10.5 Å². The van der Waals surface area contributed by atoms with Crippen LogP contribution in [0.25, 0.3) is 6.08 Å². The summed E-state index contributed by atoms with van der Waals surface area (Å²) < 4.78 is 2.09. The number of benzene rings is 2. The van der Waals surface area contributed by atoms with Gasteiger partial charge in [0, 0.05) is 14.9 Å². The molecule has 1 aromatic heterocycles. The van der Waals surface area contributed by atoms with Gasteiger partial charge in [0.15, 0.2) is 0 Å². The third-order valence-corrected chi connectivity index (χ3v) is 8.05. The van der Waals surface area contributed by atoms with Crippen LogP contribution in [0.4, 0.5) is 0 Å². The van der Waals surface area contributed by atoms with E-state index in [0.717, 1.165) is 50.7 Å². The van der Waals surface area contributed by atoms with Gasteiger partial charge in [0.25, 0.3) is 5.91 Å². The molecule has 2 aromatic carbocycles. The lowest BCUT2D eigenvalue weighted by Gasteiger charge is -2.29. The van der Waals surface area contributed by atoms with Crippen LogP contribution >= 0.6 is 43.2 Å². The minimum atomic E-state index is -0.110. The van der Waals surface area contributed by atoms with Gasteiger partial charge in [-0.25, -0.2) is 9.99 Å². The summed E-state index contributed by atoms with van der Waals surface area (Å²) in [6, 6.07) is 16.5. The Hall–Kier alpha value is -2.09. The first-order valence-electron chi connectivity index (χ1n) is 10.6. The van der Waals surface area contributed by atoms with Crippen LogP contribution in [0.2, 0.25) is 0 Å². The number of carbonyl (C=O) groups is 1. The van der Waals surface area contributed by atoms with E-state index in [4.69, 9.17) is 5.10 Å². The number of nitrogens with zero attached hydrogens (tertiary/aromatic N) is 3. The van der Waals surface area contributed by atoms with Gasteiger partial charge in [-0.3, -0.25) is 4.79 Å². The summed E-state index contributed by atoms with van der Waals surface area (Å²) in [5.41, 5.74) is 7.01. The number of thiazole rings is 1. The van der Waals surface area contributed by atoms with Crippen LogP contribution in [0, 0.1) is 12.8 Å². The van der Waals surface area contributed by atoms with Crippen LogP contribution in [0.1, 0.15) is 51.8 Å². The van der Waals surface area contributed by atoms with Gasteiger partial charge in [0.2, 0.25) is 0 Å². The molecule has 1 saturated carbocycles. The second kappa shape index (κ2) is 9.04. The molecule has 1 amide bonds. The van der Waals surface area contributed by atoms with Crippen molar-refractivity contribution in [3.8, 4) is 0 Å². The molecule has 2 heterocycles. The smallest absolute Gasteiger partial charge is 0.266 e. The summed E-state index contributed by atoms with van der Waals surface area (Å²) in [6.07, 6.45) is 5.30. The molecule has 0 bridgehead atoms. The monoisotopic (exact) mass is 569 g/mol. The zero-order chi connectivity index (χ0) is 22.2. The Bertz CT molecular complexity index is 1210. The van der Waals surface area contributed by atoms with Gasteiger partial charge in [-0.15, -0.1) is 11.3 Å². The van der Waals surface area contributed by atoms with Gasteiger partial charge in [-0.1, -0.05) is 56.1 Å². The quantitative estimate of drug-likeness (QED) is 0.329. The summed E-state index contributed by atoms with van der Waals surface area (Å²) in [7, 11) is 0. The van der Waals surface area contributed by atoms with Crippen molar-refractivity contribution >= 4 is 60.9 Å². The number of fused-ring (bicyclic) bond motifs is 1. The van der Waals surface area contributed by atoms with Crippen LogP contribution in [-0.4, -0.2) is 21.6 Å². The first-order valence-corrected chi connectivity index (χ1v) is 13.0. The zero-order valence-corrected chi connectivity index (χ0v) is 21.5. The SMILES string of the molecule is Cc1ncsc1C(=O)N1N=C2/C(=C/c3ccc(Br)cc3)CCC[C@H]2[C@H]1c1ccc(Br)cc1. The molecule has 0 unspecified atom stereocenters. The largest absolute Gasteiger partial charge is 0.286 e. The molecule has 3 aromatic rings. The highest BCUT2D eigenvalue weighted by molar-refractivity contribution is 9.10. The maximum absolute atomic E-state index is 13.6. The molecule has 32 heavy (non-hydrogen) atoms. The van der Waals surface area contributed by atoms with E-state index >= 15 is 0 Å². The predicted molar refractivity (Wildman–Crippen MR) is 137 cm³/mol. The summed E-state index contributed by atoms with van der Waals surface area (Å²) in [6.45, 7) is 1.88. The van der Waals surface area contributed by atoms with Gasteiger partial charge >= 0.3 is 0 Å². The number of aromatic nitrogens is 1. The molecule has 2 atom stereocenters. The van der Waals surface area contributed by atoms with Crippen LogP contribution in [0.3, 0.4) is 0 Å². The number of hydrogen-bond donors (Lipinski definition) is 0. The Morgan fingerprint density at radius 3 is 2.44 bits per heavy atom. The fraction of sp³-hybridized carbons (Fsp3) is 0.240. The molecule has 0 saturated heterocycles. The zero-order valence-electron chi connectivity index (χ0n) is 17.5. The van der Waals surface area contributed by atoms with Crippen molar-refractivity contribution in [2.75, 3.05) is 0 Å². The van der Waals surface area contributed by atoms with E-state index in [0.29, 0.717) is 4.88 Å². The van der Waals surface area contributed by atoms with Crippen molar-refractivity contribution in [2.24, 2.45) is 11.0 Å². The van der Waals surface area contributed by atoms with Crippen LogP contribution < -0.4 is 0 Å². The van der Waals surface area contributed by atoms with Crippen LogP contribution in [0.5, 0.6) is 0 Å². The van der Waals surface area contributed by atoms with Gasteiger partial charge in [-0.05, 0) is 73.2 Å². The first-order chi connectivity index (χ1) is 15.5. The molecule has 1 aliphatic heterocycles. The highest BCUT2D eigenvalue weighted by Gasteiger charge is 2.44. The van der Waals surface area contributed by atoms with Gasteiger partial charge in [0.05, 0.1) is 23.0 Å². The lowest BCUT2D eigenvalue weighted by atomic mass is 9.77. The molecular formula is C25H21Br2N3OS. The molecule has 1 fully saturated rings. The van der Waals surface area contributed by atoms with Gasteiger partial charge < -0.3 is 0 Å². The standard InChI is InChI=1S/C25H21Br2N3OS/c1-15-24(32-14-28-15)25(31)30-23(17-7-11-20(27)12-8-17)21-4-2-3-18(22(21)29-30)13-16-5-9-19(26)10-6-16/h5-14,21,23H,2-4H2,1H3/b18-13+/t21-,23-/m1/s1. The third kappa shape index (κ3) is 4.14. The van der Waals surface area contributed by atoms with E-state index in [9.17, 15) is 4.79 Å². The van der Waals surface area contributed by atoms with Crippen molar-refractivity contribution in [3.63, 3.8) is 0 Å². The molecule has 0 N–H and O–H groups in total. The number of amides is 1. The lowest BCUT2D eigenvalue weighted by Crippen LogP contribution is -2.31. The van der Waals surface area contributed by atoms with Crippen molar-refractivity contribution in [3.05, 3.63) is 90.3 Å². The van der Waals surface area contributed by atoms with Crippen molar-refractivity contribution in [1.29, 1.82) is 0 Å². The minimum absolute atomic E-state index is 0.0668. The number of allylic oxidation sites excluding steroid dienone is 1. The van der Waals surface area contributed by atoms with Gasteiger partial charge in [-0.2, -0.15) is 5.10 Å². The van der Waals surface area contributed by atoms with E-state index in [2.05, 4.69) is 79.3 Å². The molecule has 4 nitrogen and oxygen atoms in total. The Morgan fingerprint density at radius 2 is 1.78 bits per heavy atom. The fourth-order valence-corrected chi connectivity index (χ4v) is 5.80. The molecule has 162 valence electrons. The highest BCUT2D eigenvalue weighted by atomic mass is 79.9. The van der Waals surface area contributed by atoms with E-state index in [1.165, 1.54) is 16.9 Å². The number of hydrazone groups is 1. The normalized spacial score (nSPS) is 21.5. The van der Waals surface area contributed by atoms with Crippen LogP contribution in [-0.2, 0) is 0 Å². The Kier molecular flexibility index (Phi) is 6.14. The average molecular weight is 571 g/mol. The summed E-state index contributed by atoms with van der Waals surface area (Å²) in [5, 5.41) is 6.69. The first kappa shape index (κ1) is 21.7. The van der Waals surface area contributed by atoms with Crippen LogP contribution in [0.15, 0.2) is 73.7 Å². The number of halogens is 2. The highest BCUT2D eigenvalue weighted by Crippen LogP contribution is 2.45. The number of hydrogen-bond acceptors (Lipinski definition) is 4. The Labute approximate surface area is 208 Å². The Morgan fingerprint density at radius 1 is 1.09 bits per heavy atom. The van der Waals surface area contributed by atoms with E-state index < -0.39 is 0 Å². The molecular weight excluding hydrogens is 550 g/mol. The van der Waals surface area contributed by atoms with E-state index in [-0.39, 0.29) is 17.9 Å². The maximum Gasteiger partial charge on any atom is 0.286 e. The topological polar surface area (TPSA) is 45.6 Å². The van der Waals surface area contributed by atoms with Crippen molar-refractivity contribution in [2.45, 2.75) is 32.2 Å². The second-order valence-corrected chi connectivity index (χ2v) is 10.8. The molecule has 0 spiro atoms. The fourth-order valence-electron chi connectivity index (χ4n) is 4.53. The van der Waals surface area contributed by atoms with Gasteiger partial charge in [0.1, 0.15) is 4.88 Å². The molecule has 1 aliphatic carbocycles. The number of carbonyl (C=O) groups excluding carboxylic acids is 1. The van der Waals surface area contributed by atoms with Crippen molar-refractivity contribution in [1.82, 2.24) is 9.99 Å². The summed E-state index contributed by atoms with van der Waals surface area (Å²) in [4.78, 5) is 18.5. The summed E-state index contributed by atoms with van der Waals surface area (Å²) in [5.74, 6) is 0.117. The molecule has 5 rings (SSSR count). The predicted octanol–water partition coefficient (Wildman–Crippen LogP) is 7.41. The molecule has 2 aliphatic rings. The Balaban J connectivity index is 1.58. The minimum Gasteiger partial charge on any atom is -0.266 e. The summed E-state index contributed by atoms with van der Waals surface area (Å²) >= 11 is 8.42. The molecule has 0 radical (unpaired) electrons. The number of aryl methyl sites for hydroxylation is 1. The third-order valence-electron chi connectivity index (χ3n) is 6.07. The van der Waals surface area contributed by atoms with Crippen molar-refractivity contribution < 1.29 is 4.79 Å². The second-order valence-electron chi connectivity index (χ2n) is 8.12. The van der Waals surface area contributed by atoms with E-state index in [1.807, 2.05) is 19.1 Å². The average Bonchev–Trinajstić information content (AvgIpc) is 3.40. The maximum atomic E-state index is 13.6. The lowest BCUT2D eigenvalue weighted by molar-refractivity contribution is 0.0685. The number of rotatable bonds is 3. The molecule has 7 heteroatoms.